The molecule has 0 saturated heterocycles. The molecular formula is C36H76NO4P. The maximum absolute atomic E-state index is 12.1. The summed E-state index contributed by atoms with van der Waals surface area (Å²) in [5.41, 5.74) is 0. The molecule has 0 aromatic rings. The summed E-state index contributed by atoms with van der Waals surface area (Å²) in [4.78, 5) is 12.7. The Labute approximate surface area is 264 Å². The van der Waals surface area contributed by atoms with Gasteiger partial charge >= 0.3 is 7.82 Å². The van der Waals surface area contributed by atoms with Crippen molar-refractivity contribution in [2.75, 3.05) is 32.8 Å². The van der Waals surface area contributed by atoms with E-state index >= 15 is 0 Å². The van der Waals surface area contributed by atoms with Crippen molar-refractivity contribution in [1.82, 2.24) is 4.90 Å². The van der Waals surface area contributed by atoms with Crippen LogP contribution in [0.1, 0.15) is 201 Å². The summed E-state index contributed by atoms with van der Waals surface area (Å²) < 4.78 is 22.5. The van der Waals surface area contributed by atoms with Crippen molar-refractivity contribution in [3.05, 3.63) is 0 Å². The highest BCUT2D eigenvalue weighted by atomic mass is 31.2. The number of nitrogens with zero attached hydrogens (tertiary/aromatic N) is 1. The Kier molecular flexibility index (Phi) is 34.0. The highest BCUT2D eigenvalue weighted by molar-refractivity contribution is 7.47. The lowest BCUT2D eigenvalue weighted by molar-refractivity contribution is 0.145. The molecule has 0 aliphatic rings. The molecule has 0 aromatic carbocycles. The van der Waals surface area contributed by atoms with Crippen LogP contribution in [0.15, 0.2) is 0 Å². The van der Waals surface area contributed by atoms with Crippen LogP contribution in [0.5, 0.6) is 0 Å². The minimum absolute atomic E-state index is 0.311. The fraction of sp³-hybridized carbons (Fsp3) is 1.00. The number of phosphoric ester groups is 1. The third-order valence-electron chi connectivity index (χ3n) is 8.53. The van der Waals surface area contributed by atoms with Crippen LogP contribution in [0.25, 0.3) is 0 Å². The van der Waals surface area contributed by atoms with Gasteiger partial charge in [-0.05, 0) is 51.7 Å². The van der Waals surface area contributed by atoms with E-state index in [0.717, 1.165) is 32.1 Å². The molecule has 254 valence electrons. The number of unbranched alkanes of at least 4 members (excludes halogenated alkanes) is 24. The minimum Gasteiger partial charge on any atom is -0.303 e. The molecule has 1 N–H and O–H groups in total. The second kappa shape index (κ2) is 34.0. The fourth-order valence-electron chi connectivity index (χ4n) is 5.70. The molecular weight excluding hydrogens is 541 g/mol. The first-order valence-electron chi connectivity index (χ1n) is 18.9. The number of phosphoric acid groups is 1. The maximum atomic E-state index is 12.1. The molecule has 0 bridgehead atoms. The molecule has 0 spiro atoms. The first kappa shape index (κ1) is 42.1. The summed E-state index contributed by atoms with van der Waals surface area (Å²) in [6.45, 7) is 11.1. The van der Waals surface area contributed by atoms with Crippen LogP contribution < -0.4 is 0 Å². The van der Waals surface area contributed by atoms with Crippen molar-refractivity contribution in [1.29, 1.82) is 0 Å². The van der Waals surface area contributed by atoms with Gasteiger partial charge < -0.3 is 9.79 Å². The third kappa shape index (κ3) is 33.0. The normalized spacial score (nSPS) is 13.3. The molecule has 1 atom stereocenters. The van der Waals surface area contributed by atoms with E-state index in [1.54, 1.807) is 0 Å². The van der Waals surface area contributed by atoms with Crippen molar-refractivity contribution in [2.24, 2.45) is 0 Å². The second-order valence-electron chi connectivity index (χ2n) is 12.8. The van der Waals surface area contributed by atoms with Gasteiger partial charge in [0, 0.05) is 0 Å². The molecule has 0 aromatic heterocycles. The Hall–Kier alpha value is 0.0700. The molecule has 0 rings (SSSR count). The number of rotatable bonds is 36. The molecule has 0 saturated carbocycles. The Morgan fingerprint density at radius 3 is 0.929 bits per heavy atom. The van der Waals surface area contributed by atoms with E-state index in [1.165, 1.54) is 167 Å². The first-order chi connectivity index (χ1) is 20.6. The van der Waals surface area contributed by atoms with Gasteiger partial charge in [0.05, 0.1) is 13.2 Å². The molecule has 1 unspecified atom stereocenters. The summed E-state index contributed by atoms with van der Waals surface area (Å²) in [6.07, 6.45) is 35.9. The SMILES string of the molecule is CCCCCCCCCCOP(=O)(O)OCCCCCCN(CCCCCCCCCC)CCCCCCCCCC. The van der Waals surface area contributed by atoms with Gasteiger partial charge in [0.15, 0.2) is 0 Å². The van der Waals surface area contributed by atoms with Crippen molar-refractivity contribution in [3.63, 3.8) is 0 Å². The predicted octanol–water partition coefficient (Wildman–Crippen LogP) is 12.4. The summed E-state index contributed by atoms with van der Waals surface area (Å²) in [7, 11) is -3.90. The van der Waals surface area contributed by atoms with E-state index in [4.69, 9.17) is 9.05 Å². The monoisotopic (exact) mass is 618 g/mol. The Balaban J connectivity index is 3.96. The lowest BCUT2D eigenvalue weighted by atomic mass is 10.1. The van der Waals surface area contributed by atoms with Crippen LogP contribution in [0.4, 0.5) is 0 Å². The standard InChI is InChI=1S/C36H76NO4P/c1-4-7-10-13-16-19-22-27-32-37(33-28-23-20-17-14-11-8-5-2)34-29-24-26-31-36-41-42(38,39)40-35-30-25-21-18-15-12-9-6-3/h4-36H2,1-3H3,(H,38,39). The number of hydrogen-bond donors (Lipinski definition) is 1. The Morgan fingerprint density at radius 2 is 0.643 bits per heavy atom. The summed E-state index contributed by atoms with van der Waals surface area (Å²) in [6, 6.07) is 0. The van der Waals surface area contributed by atoms with Gasteiger partial charge in [-0.1, -0.05) is 168 Å². The molecule has 0 aliphatic heterocycles. The van der Waals surface area contributed by atoms with Crippen molar-refractivity contribution < 1.29 is 18.5 Å². The van der Waals surface area contributed by atoms with Crippen molar-refractivity contribution in [3.8, 4) is 0 Å². The van der Waals surface area contributed by atoms with Gasteiger partial charge in [-0.25, -0.2) is 4.57 Å². The Bertz CT molecular complexity index is 543. The zero-order valence-electron chi connectivity index (χ0n) is 28.9. The van der Waals surface area contributed by atoms with Gasteiger partial charge in [0.25, 0.3) is 0 Å². The lowest BCUT2D eigenvalue weighted by Crippen LogP contribution is -2.27. The van der Waals surface area contributed by atoms with E-state index in [2.05, 4.69) is 25.7 Å². The molecule has 0 amide bonds. The second-order valence-corrected chi connectivity index (χ2v) is 14.3. The Morgan fingerprint density at radius 1 is 0.405 bits per heavy atom. The zero-order chi connectivity index (χ0) is 30.8. The summed E-state index contributed by atoms with van der Waals surface area (Å²) in [5, 5.41) is 0. The average molecular weight is 618 g/mol. The highest BCUT2D eigenvalue weighted by Gasteiger charge is 2.20. The van der Waals surface area contributed by atoms with Crippen LogP contribution in [0, 0.1) is 0 Å². The van der Waals surface area contributed by atoms with Crippen LogP contribution in [-0.2, 0) is 13.6 Å². The quantitative estimate of drug-likeness (QED) is 0.0560. The molecule has 6 heteroatoms. The predicted molar refractivity (Wildman–Crippen MR) is 184 cm³/mol. The minimum atomic E-state index is -3.90. The van der Waals surface area contributed by atoms with Crippen LogP contribution in [0.3, 0.4) is 0 Å². The zero-order valence-corrected chi connectivity index (χ0v) is 29.8. The van der Waals surface area contributed by atoms with Gasteiger partial charge in [0.2, 0.25) is 0 Å². The first-order valence-corrected chi connectivity index (χ1v) is 20.4. The third-order valence-corrected chi connectivity index (χ3v) is 9.55. The molecule has 0 fully saturated rings. The van der Waals surface area contributed by atoms with Gasteiger partial charge in [-0.2, -0.15) is 0 Å². The number of hydrogen-bond acceptors (Lipinski definition) is 4. The lowest BCUT2D eigenvalue weighted by Gasteiger charge is -2.22. The van der Waals surface area contributed by atoms with E-state index in [1.807, 2.05) is 0 Å². The molecule has 42 heavy (non-hydrogen) atoms. The fourth-order valence-corrected chi connectivity index (χ4v) is 6.49. The highest BCUT2D eigenvalue weighted by Crippen LogP contribution is 2.43. The smallest absolute Gasteiger partial charge is 0.303 e. The van der Waals surface area contributed by atoms with Crippen molar-refractivity contribution >= 4 is 7.82 Å². The van der Waals surface area contributed by atoms with Crippen LogP contribution in [0.2, 0.25) is 0 Å². The van der Waals surface area contributed by atoms with E-state index in [9.17, 15) is 9.46 Å². The molecule has 5 nitrogen and oxygen atoms in total. The van der Waals surface area contributed by atoms with Gasteiger partial charge in [-0.3, -0.25) is 9.05 Å². The van der Waals surface area contributed by atoms with Crippen molar-refractivity contribution in [2.45, 2.75) is 201 Å². The van der Waals surface area contributed by atoms with Gasteiger partial charge in [-0.15, -0.1) is 0 Å². The van der Waals surface area contributed by atoms with E-state index in [0.29, 0.717) is 13.2 Å². The average Bonchev–Trinajstić information content (AvgIpc) is 2.98. The van der Waals surface area contributed by atoms with Gasteiger partial charge in [0.1, 0.15) is 0 Å². The molecule has 0 radical (unpaired) electrons. The molecule has 0 heterocycles. The maximum Gasteiger partial charge on any atom is 0.472 e. The van der Waals surface area contributed by atoms with E-state index < -0.39 is 7.82 Å². The van der Waals surface area contributed by atoms with Crippen LogP contribution >= 0.6 is 7.82 Å². The van der Waals surface area contributed by atoms with Crippen LogP contribution in [-0.4, -0.2) is 42.6 Å². The summed E-state index contributed by atoms with van der Waals surface area (Å²) >= 11 is 0. The molecule has 0 aliphatic carbocycles. The largest absolute Gasteiger partial charge is 0.472 e. The summed E-state index contributed by atoms with van der Waals surface area (Å²) in [5.74, 6) is 0. The van der Waals surface area contributed by atoms with E-state index in [-0.39, 0.29) is 0 Å². The topological polar surface area (TPSA) is 59.0 Å².